The van der Waals surface area contributed by atoms with E-state index in [1.54, 1.807) is 37.4 Å². The summed E-state index contributed by atoms with van der Waals surface area (Å²) in [5.74, 6) is 0.522. The minimum Gasteiger partial charge on any atom is -0.508 e. The summed E-state index contributed by atoms with van der Waals surface area (Å²) in [5.41, 5.74) is 1.22. The van der Waals surface area contributed by atoms with Gasteiger partial charge in [0.25, 0.3) is 0 Å². The molecule has 0 atom stereocenters. The molecule has 0 bridgehead atoms. The van der Waals surface area contributed by atoms with Crippen LogP contribution >= 0.6 is 0 Å². The molecule has 0 spiro atoms. The quantitative estimate of drug-likeness (QED) is 0.611. The van der Waals surface area contributed by atoms with Crippen molar-refractivity contribution in [2.75, 3.05) is 25.5 Å². The zero-order chi connectivity index (χ0) is 20.1. The van der Waals surface area contributed by atoms with Gasteiger partial charge >= 0.3 is 5.63 Å². The largest absolute Gasteiger partial charge is 0.508 e. The van der Waals surface area contributed by atoms with Crippen LogP contribution < -0.4 is 15.7 Å². The van der Waals surface area contributed by atoms with E-state index in [0.717, 1.165) is 10.9 Å². The van der Waals surface area contributed by atoms with Crippen molar-refractivity contribution < 1.29 is 19.1 Å². The molecule has 1 amide bonds. The van der Waals surface area contributed by atoms with Crippen LogP contribution in [-0.4, -0.2) is 36.1 Å². The summed E-state index contributed by atoms with van der Waals surface area (Å²) in [6.45, 7) is 3.12. The highest BCUT2D eigenvalue weighted by atomic mass is 16.5. The molecule has 0 saturated carbocycles. The van der Waals surface area contributed by atoms with E-state index >= 15 is 0 Å². The summed E-state index contributed by atoms with van der Waals surface area (Å²) in [6, 6.07) is 13.2. The summed E-state index contributed by atoms with van der Waals surface area (Å²) in [4.78, 5) is 26.2. The van der Waals surface area contributed by atoms with Crippen molar-refractivity contribution in [1.82, 2.24) is 4.90 Å². The molecular weight excluding hydrogens is 360 g/mol. The van der Waals surface area contributed by atoms with E-state index in [2.05, 4.69) is 5.32 Å². The number of hydrogen-bond acceptors (Lipinski definition) is 6. The molecule has 0 unspecified atom stereocenters. The normalized spacial score (nSPS) is 11.0. The van der Waals surface area contributed by atoms with Crippen molar-refractivity contribution in [2.24, 2.45) is 0 Å². The lowest BCUT2D eigenvalue weighted by atomic mass is 10.1. The Morgan fingerprint density at radius 1 is 1.21 bits per heavy atom. The van der Waals surface area contributed by atoms with E-state index in [0.29, 0.717) is 30.1 Å². The van der Waals surface area contributed by atoms with Crippen molar-refractivity contribution in [2.45, 2.75) is 13.5 Å². The number of amides is 1. The fourth-order valence-electron chi connectivity index (χ4n) is 2.97. The van der Waals surface area contributed by atoms with Gasteiger partial charge in [0.2, 0.25) is 5.91 Å². The first-order valence-corrected chi connectivity index (χ1v) is 8.90. The second kappa shape index (κ2) is 8.58. The first-order chi connectivity index (χ1) is 13.5. The number of anilines is 1. The highest BCUT2D eigenvalue weighted by Gasteiger charge is 2.14. The topological polar surface area (TPSA) is 92.0 Å². The Bertz CT molecular complexity index is 1040. The number of fused-ring (bicyclic) bond motifs is 1. The van der Waals surface area contributed by atoms with Crippen LogP contribution in [0.3, 0.4) is 0 Å². The van der Waals surface area contributed by atoms with Gasteiger partial charge in [-0.1, -0.05) is 13.0 Å². The van der Waals surface area contributed by atoms with Gasteiger partial charge in [0.1, 0.15) is 17.1 Å². The molecule has 7 heteroatoms. The summed E-state index contributed by atoms with van der Waals surface area (Å²) in [7, 11) is 1.57. The number of hydrogen-bond donors (Lipinski definition) is 2. The van der Waals surface area contributed by atoms with Gasteiger partial charge in [-0.25, -0.2) is 4.79 Å². The number of carbonyl (C=O) groups excluding carboxylic acids is 1. The predicted molar refractivity (Wildman–Crippen MR) is 107 cm³/mol. The van der Waals surface area contributed by atoms with Gasteiger partial charge in [-0.05, 0) is 36.4 Å². The number of benzene rings is 2. The number of phenolic OH excluding ortho intramolecular Hbond substituents is 1. The molecule has 0 saturated heterocycles. The molecule has 0 aliphatic heterocycles. The summed E-state index contributed by atoms with van der Waals surface area (Å²) in [6.07, 6.45) is 0. The second-order valence-electron chi connectivity index (χ2n) is 6.35. The van der Waals surface area contributed by atoms with E-state index in [-0.39, 0.29) is 18.2 Å². The SMILES string of the molecule is CCN(CC(=O)Nc1cccc(OC)c1)Cc1cc(=O)oc2cc(O)ccc12. The van der Waals surface area contributed by atoms with Crippen LogP contribution in [0.1, 0.15) is 12.5 Å². The van der Waals surface area contributed by atoms with Crippen LogP contribution in [-0.2, 0) is 11.3 Å². The van der Waals surface area contributed by atoms with E-state index in [4.69, 9.17) is 9.15 Å². The zero-order valence-corrected chi connectivity index (χ0v) is 15.8. The number of phenols is 1. The molecule has 28 heavy (non-hydrogen) atoms. The molecule has 7 nitrogen and oxygen atoms in total. The van der Waals surface area contributed by atoms with E-state index in [9.17, 15) is 14.7 Å². The smallest absolute Gasteiger partial charge is 0.336 e. The lowest BCUT2D eigenvalue weighted by Crippen LogP contribution is -2.33. The minimum absolute atomic E-state index is 0.0258. The van der Waals surface area contributed by atoms with Gasteiger partial charge in [-0.2, -0.15) is 0 Å². The number of aromatic hydroxyl groups is 1. The third-order valence-electron chi connectivity index (χ3n) is 4.38. The molecule has 146 valence electrons. The molecule has 0 aliphatic carbocycles. The summed E-state index contributed by atoms with van der Waals surface area (Å²) < 4.78 is 10.3. The average molecular weight is 382 g/mol. The van der Waals surface area contributed by atoms with E-state index in [1.165, 1.54) is 18.2 Å². The van der Waals surface area contributed by atoms with Crippen molar-refractivity contribution in [1.29, 1.82) is 0 Å². The third-order valence-corrected chi connectivity index (χ3v) is 4.38. The standard InChI is InChI=1S/C21H22N2O5/c1-3-23(13-20(25)22-15-5-4-6-17(10-15)27-2)12-14-9-21(26)28-19-11-16(24)7-8-18(14)19/h4-11,24H,3,12-13H2,1-2H3,(H,22,25). The Balaban J connectivity index is 1.74. The average Bonchev–Trinajstić information content (AvgIpc) is 2.66. The Hall–Kier alpha value is -3.32. The van der Waals surface area contributed by atoms with E-state index in [1.807, 2.05) is 11.8 Å². The van der Waals surface area contributed by atoms with Crippen molar-refractivity contribution >= 4 is 22.6 Å². The highest BCUT2D eigenvalue weighted by Crippen LogP contribution is 2.23. The molecule has 2 aromatic carbocycles. The molecule has 3 rings (SSSR count). The third kappa shape index (κ3) is 4.69. The number of nitrogens with one attached hydrogen (secondary N) is 1. The number of rotatable bonds is 7. The van der Waals surface area contributed by atoms with Crippen molar-refractivity contribution in [3.8, 4) is 11.5 Å². The Morgan fingerprint density at radius 3 is 2.79 bits per heavy atom. The van der Waals surface area contributed by atoms with Crippen LogP contribution in [0.2, 0.25) is 0 Å². The number of likely N-dealkylation sites (N-methyl/N-ethyl adjacent to an activating group) is 1. The van der Waals surface area contributed by atoms with Gasteiger partial charge in [-0.3, -0.25) is 9.69 Å². The molecule has 0 aliphatic rings. The van der Waals surface area contributed by atoms with Crippen LogP contribution in [0.5, 0.6) is 11.5 Å². The number of carbonyl (C=O) groups is 1. The molecule has 0 radical (unpaired) electrons. The maximum Gasteiger partial charge on any atom is 0.336 e. The first-order valence-electron chi connectivity index (χ1n) is 8.90. The Morgan fingerprint density at radius 2 is 2.04 bits per heavy atom. The summed E-state index contributed by atoms with van der Waals surface area (Å²) >= 11 is 0. The number of methoxy groups -OCH3 is 1. The van der Waals surface area contributed by atoms with Gasteiger partial charge in [0.05, 0.1) is 13.7 Å². The molecular formula is C21H22N2O5. The van der Waals surface area contributed by atoms with Crippen LogP contribution in [0.4, 0.5) is 5.69 Å². The summed E-state index contributed by atoms with van der Waals surface area (Å²) in [5, 5.41) is 13.2. The Labute approximate surface area is 162 Å². The fraction of sp³-hybridized carbons (Fsp3) is 0.238. The van der Waals surface area contributed by atoms with E-state index < -0.39 is 5.63 Å². The maximum absolute atomic E-state index is 12.4. The predicted octanol–water partition coefficient (Wildman–Crippen LogP) is 2.97. The molecule has 3 aromatic rings. The number of ether oxygens (including phenoxy) is 1. The van der Waals surface area contributed by atoms with Gasteiger partial charge in [-0.15, -0.1) is 0 Å². The zero-order valence-electron chi connectivity index (χ0n) is 15.8. The van der Waals surface area contributed by atoms with Gasteiger partial charge in [0, 0.05) is 35.8 Å². The number of nitrogens with zero attached hydrogens (tertiary/aromatic N) is 1. The van der Waals surface area contributed by atoms with Gasteiger partial charge < -0.3 is 19.6 Å². The highest BCUT2D eigenvalue weighted by molar-refractivity contribution is 5.92. The van der Waals surface area contributed by atoms with Crippen LogP contribution in [0.25, 0.3) is 11.0 Å². The van der Waals surface area contributed by atoms with Gasteiger partial charge in [0.15, 0.2) is 0 Å². The Kier molecular flexibility index (Phi) is 5.96. The van der Waals surface area contributed by atoms with Crippen molar-refractivity contribution in [3.63, 3.8) is 0 Å². The first kappa shape index (κ1) is 19.4. The molecule has 0 fully saturated rings. The second-order valence-corrected chi connectivity index (χ2v) is 6.35. The van der Waals surface area contributed by atoms with Crippen molar-refractivity contribution in [3.05, 3.63) is 64.5 Å². The maximum atomic E-state index is 12.4. The molecule has 1 heterocycles. The van der Waals surface area contributed by atoms with Crippen LogP contribution in [0, 0.1) is 0 Å². The lowest BCUT2D eigenvalue weighted by Gasteiger charge is -2.20. The fourth-order valence-corrected chi connectivity index (χ4v) is 2.97. The van der Waals surface area contributed by atoms with Crippen LogP contribution in [0.15, 0.2) is 57.7 Å². The molecule has 1 aromatic heterocycles. The minimum atomic E-state index is -0.495. The molecule has 2 N–H and O–H groups in total. The monoisotopic (exact) mass is 382 g/mol. The lowest BCUT2D eigenvalue weighted by molar-refractivity contribution is -0.117.